The molecule has 0 spiro atoms. The third-order valence-corrected chi connectivity index (χ3v) is 7.74. The van der Waals surface area contributed by atoms with Crippen molar-refractivity contribution in [3.8, 4) is 0 Å². The van der Waals surface area contributed by atoms with Crippen LogP contribution in [0.5, 0.6) is 0 Å². The fraction of sp³-hybridized carbons (Fsp3) is 0.677. The molecule has 7 heteroatoms. The lowest BCUT2D eigenvalue weighted by Gasteiger charge is -2.34. The van der Waals surface area contributed by atoms with Gasteiger partial charge in [-0.1, -0.05) is 43.6 Å². The molecule has 2 aromatic rings. The van der Waals surface area contributed by atoms with Gasteiger partial charge in [0.15, 0.2) is 5.58 Å². The monoisotopic (exact) mass is 541 g/mol. The third-order valence-electron chi connectivity index (χ3n) is 7.03. The zero-order valence-electron chi connectivity index (χ0n) is 25.4. The van der Waals surface area contributed by atoms with Gasteiger partial charge in [0.2, 0.25) is 9.04 Å². The summed E-state index contributed by atoms with van der Waals surface area (Å²) in [6, 6.07) is 4.43. The molecule has 1 aromatic carbocycles. The summed E-state index contributed by atoms with van der Waals surface area (Å²) in [7, 11) is -0.930. The molecular formula is C31H49N2O4Si. The topological polar surface area (TPSA) is 64.8 Å². The number of hydrogen-bond acceptors (Lipinski definition) is 5. The highest BCUT2D eigenvalue weighted by molar-refractivity contribution is 6.48. The van der Waals surface area contributed by atoms with Crippen LogP contribution in [0.3, 0.4) is 0 Å². The van der Waals surface area contributed by atoms with Crippen LogP contribution in [0.1, 0.15) is 97.6 Å². The first-order valence-electron chi connectivity index (χ1n) is 14.1. The number of amides is 1. The molecule has 1 amide bonds. The molecule has 1 aliphatic heterocycles. The van der Waals surface area contributed by atoms with Gasteiger partial charge >= 0.3 is 6.09 Å². The number of allylic oxidation sites excluding steroid dienone is 2. The Morgan fingerprint density at radius 2 is 1.82 bits per heavy atom. The number of carbonyl (C=O) groups is 1. The van der Waals surface area contributed by atoms with Gasteiger partial charge < -0.3 is 18.6 Å². The van der Waals surface area contributed by atoms with E-state index in [2.05, 4.69) is 71.1 Å². The van der Waals surface area contributed by atoms with E-state index in [0.29, 0.717) is 5.92 Å². The smallest absolute Gasteiger partial charge is 0.410 e. The first-order chi connectivity index (χ1) is 17.7. The Hall–Kier alpha value is -2.12. The summed E-state index contributed by atoms with van der Waals surface area (Å²) in [6.07, 6.45) is 6.75. The van der Waals surface area contributed by atoms with Crippen LogP contribution in [0.2, 0.25) is 13.1 Å². The van der Waals surface area contributed by atoms with E-state index in [1.807, 2.05) is 25.7 Å². The molecule has 1 unspecified atom stereocenters. The van der Waals surface area contributed by atoms with Crippen molar-refractivity contribution in [1.82, 2.24) is 10.1 Å². The molecule has 1 aromatic heterocycles. The number of ether oxygens (including phenoxy) is 1. The van der Waals surface area contributed by atoms with Gasteiger partial charge in [0.25, 0.3) is 0 Å². The van der Waals surface area contributed by atoms with Crippen LogP contribution in [-0.2, 0) is 22.0 Å². The van der Waals surface area contributed by atoms with Gasteiger partial charge in [0, 0.05) is 24.0 Å². The lowest BCUT2D eigenvalue weighted by atomic mass is 9.81. The molecular weight excluding hydrogens is 492 g/mol. The Kier molecular flexibility index (Phi) is 9.90. The summed E-state index contributed by atoms with van der Waals surface area (Å²) in [5.41, 5.74) is 5.07. The Morgan fingerprint density at radius 3 is 2.37 bits per heavy atom. The zero-order valence-corrected chi connectivity index (χ0v) is 26.4. The molecule has 3 rings (SSSR count). The van der Waals surface area contributed by atoms with E-state index in [1.54, 1.807) is 0 Å². The van der Waals surface area contributed by atoms with Crippen molar-refractivity contribution in [2.24, 2.45) is 11.3 Å². The fourth-order valence-electron chi connectivity index (χ4n) is 5.05. The van der Waals surface area contributed by atoms with Crippen molar-refractivity contribution < 1.29 is 18.5 Å². The SMILES string of the molecule is CC(C)=CCc1ccc2c(CCC3CCN(C(=O)OC(C)(C)C)CC3)noc2c1C(O[Si](C)C)C(C)(C)C. The van der Waals surface area contributed by atoms with Crippen LogP contribution in [0, 0.1) is 11.3 Å². The number of rotatable bonds is 8. The van der Waals surface area contributed by atoms with Crippen molar-refractivity contribution in [2.45, 2.75) is 112 Å². The second-order valence-electron chi connectivity index (χ2n) is 13.4. The molecule has 0 saturated carbocycles. The number of aryl methyl sites for hydroxylation is 1. The van der Waals surface area contributed by atoms with E-state index >= 15 is 0 Å². The quantitative estimate of drug-likeness (QED) is 0.248. The Morgan fingerprint density at radius 1 is 1.16 bits per heavy atom. The summed E-state index contributed by atoms with van der Waals surface area (Å²) in [5, 5.41) is 5.68. The predicted octanol–water partition coefficient (Wildman–Crippen LogP) is 8.27. The normalized spacial score (nSPS) is 16.2. The molecule has 1 aliphatic rings. The number of piperidine rings is 1. The molecule has 1 atom stereocenters. The van der Waals surface area contributed by atoms with Crippen molar-refractivity contribution in [2.75, 3.05) is 13.1 Å². The number of likely N-dealkylation sites (tertiary alicyclic amines) is 1. The first-order valence-corrected chi connectivity index (χ1v) is 16.5. The number of fused-ring (bicyclic) bond motifs is 1. The molecule has 38 heavy (non-hydrogen) atoms. The molecule has 1 radical (unpaired) electrons. The van der Waals surface area contributed by atoms with Gasteiger partial charge in [0.05, 0.1) is 11.8 Å². The van der Waals surface area contributed by atoms with Crippen LogP contribution >= 0.6 is 0 Å². The van der Waals surface area contributed by atoms with Crippen LogP contribution in [-0.4, -0.2) is 43.9 Å². The molecule has 0 bridgehead atoms. The molecule has 0 N–H and O–H groups in total. The highest BCUT2D eigenvalue weighted by Gasteiger charge is 2.33. The molecule has 0 aliphatic carbocycles. The number of benzene rings is 1. The highest BCUT2D eigenvalue weighted by atomic mass is 28.3. The van der Waals surface area contributed by atoms with Crippen LogP contribution in [0.15, 0.2) is 28.3 Å². The van der Waals surface area contributed by atoms with Gasteiger partial charge in [0.1, 0.15) is 5.60 Å². The number of aromatic nitrogens is 1. The van der Waals surface area contributed by atoms with E-state index in [-0.39, 0.29) is 17.6 Å². The fourth-order valence-corrected chi connectivity index (χ4v) is 5.99. The average molecular weight is 542 g/mol. The van der Waals surface area contributed by atoms with Gasteiger partial charge in [-0.2, -0.15) is 0 Å². The maximum absolute atomic E-state index is 12.4. The lowest BCUT2D eigenvalue weighted by molar-refractivity contribution is 0.0181. The maximum atomic E-state index is 12.4. The van der Waals surface area contributed by atoms with Crippen molar-refractivity contribution in [3.05, 3.63) is 40.6 Å². The van der Waals surface area contributed by atoms with Crippen molar-refractivity contribution in [3.63, 3.8) is 0 Å². The maximum Gasteiger partial charge on any atom is 0.410 e. The van der Waals surface area contributed by atoms with Gasteiger partial charge in [-0.25, -0.2) is 4.79 Å². The molecule has 2 heterocycles. The van der Waals surface area contributed by atoms with Crippen LogP contribution < -0.4 is 0 Å². The predicted molar refractivity (Wildman–Crippen MR) is 157 cm³/mol. The third kappa shape index (κ3) is 8.19. The Labute approximate surface area is 231 Å². The van der Waals surface area contributed by atoms with Crippen molar-refractivity contribution >= 4 is 26.1 Å². The summed E-state index contributed by atoms with van der Waals surface area (Å²) >= 11 is 0. The minimum absolute atomic E-state index is 0.0615. The number of nitrogens with zero attached hydrogens (tertiary/aromatic N) is 2. The Balaban J connectivity index is 1.80. The van der Waals surface area contributed by atoms with Crippen molar-refractivity contribution in [1.29, 1.82) is 0 Å². The number of hydrogen-bond donors (Lipinski definition) is 0. The summed E-state index contributed by atoms with van der Waals surface area (Å²) in [4.78, 5) is 14.3. The summed E-state index contributed by atoms with van der Waals surface area (Å²) in [5.74, 6) is 0.563. The molecule has 211 valence electrons. The summed E-state index contributed by atoms with van der Waals surface area (Å²) in [6.45, 7) is 22.6. The first kappa shape index (κ1) is 30.4. The van der Waals surface area contributed by atoms with Gasteiger partial charge in [-0.05, 0) is 103 Å². The van der Waals surface area contributed by atoms with Crippen LogP contribution in [0.25, 0.3) is 11.0 Å². The highest BCUT2D eigenvalue weighted by Crippen LogP contribution is 2.42. The number of carbonyl (C=O) groups excluding carboxylic acids is 1. The minimum atomic E-state index is -0.930. The minimum Gasteiger partial charge on any atom is -0.444 e. The zero-order chi connectivity index (χ0) is 28.3. The van der Waals surface area contributed by atoms with E-state index in [9.17, 15) is 4.79 Å². The molecule has 1 saturated heterocycles. The second-order valence-corrected chi connectivity index (χ2v) is 15.4. The largest absolute Gasteiger partial charge is 0.444 e. The second kappa shape index (κ2) is 12.4. The molecule has 1 fully saturated rings. The van der Waals surface area contributed by atoms with Gasteiger partial charge in [-0.3, -0.25) is 0 Å². The molecule has 6 nitrogen and oxygen atoms in total. The average Bonchev–Trinajstić information content (AvgIpc) is 3.21. The van der Waals surface area contributed by atoms with E-state index in [4.69, 9.17) is 13.7 Å². The lowest BCUT2D eigenvalue weighted by Crippen LogP contribution is -2.41. The van der Waals surface area contributed by atoms with E-state index in [0.717, 1.165) is 67.4 Å². The summed E-state index contributed by atoms with van der Waals surface area (Å²) < 4.78 is 18.3. The van der Waals surface area contributed by atoms with Crippen LogP contribution in [0.4, 0.5) is 4.79 Å². The van der Waals surface area contributed by atoms with E-state index in [1.165, 1.54) is 11.1 Å². The Bertz CT molecular complexity index is 1110. The standard InChI is InChI=1S/C31H49N2O4Si/c1-21(2)11-13-23-14-15-24-25(32-36-27(24)26(23)28(30(3,4)5)37-38(9)10)16-12-22-17-19-33(20-18-22)29(34)35-31(6,7)8/h11,14-15,22,28H,12-13,16-20H2,1-10H3. The van der Waals surface area contributed by atoms with Gasteiger partial charge in [-0.15, -0.1) is 0 Å². The van der Waals surface area contributed by atoms with E-state index < -0.39 is 14.6 Å².